The van der Waals surface area contributed by atoms with Gasteiger partial charge in [-0.3, -0.25) is 56.8 Å². The van der Waals surface area contributed by atoms with Crippen LogP contribution in [0, 0.1) is 0 Å². The van der Waals surface area contributed by atoms with Crippen LogP contribution in [0.5, 0.6) is 5.75 Å². The molecule has 137 heavy (non-hydrogen) atoms. The molecule has 0 bridgehead atoms. The van der Waals surface area contributed by atoms with Gasteiger partial charge in [-0.15, -0.1) is 13.2 Å². The molecule has 16 rings (SSSR count). The number of halogens is 2. The van der Waals surface area contributed by atoms with Gasteiger partial charge in [0.25, 0.3) is 80.7 Å². The number of methoxy groups -OCH3 is 2. The Hall–Kier alpha value is -5.38. The second-order valence-corrected chi connectivity index (χ2v) is 43.3. The molecule has 17 unspecified atom stereocenters. The highest BCUT2D eigenvalue weighted by molar-refractivity contribution is 7.47. The SMILES string of the molecule is C=CC1CN(C(=O)CF)P(OC2C[C@H](C)O[C@@H]2CC)O1.C=CC1CN(C(=O)COC)P(OC2C[C@H](C)O[C@@H]2CC)O1.CC[C@H]1O[C@@H](C)CC1OP1OC(c2ccccc2)CN1C(=O)CF.CC[C@H]1O[C@@H](C)CC1OP1OC(c2ccccc2)CN1C(=O)COC.CC[C@H]1O[C@@H](C)CC1OP1OC(c2ccccc2)CN1C(=O)COc1ccccc1.CC[C@H]1O[C@@H](C)CC1OP1OCCN1C(C)=O. The van der Waals surface area contributed by atoms with Crippen LogP contribution < -0.4 is 4.74 Å². The van der Waals surface area contributed by atoms with Gasteiger partial charge < -0.3 is 96.9 Å². The minimum Gasteiger partial charge on any atom is -0.484 e. The summed E-state index contributed by atoms with van der Waals surface area (Å²) in [7, 11) is -5.77. The summed E-state index contributed by atoms with van der Waals surface area (Å²) in [4.78, 5) is 72.5. The van der Waals surface area contributed by atoms with Crippen molar-refractivity contribution in [1.29, 1.82) is 0 Å². The number of carbonyl (C=O) groups excluding carboxylic acids is 6. The van der Waals surface area contributed by atoms with Crippen molar-refractivity contribution in [2.75, 3.05) is 93.3 Å². The summed E-state index contributed by atoms with van der Waals surface area (Å²) in [6, 6.07) is 38.9. The molecule has 0 aliphatic carbocycles. The zero-order valence-corrected chi connectivity index (χ0v) is 86.9. The molecule has 12 saturated heterocycles. The van der Waals surface area contributed by atoms with Gasteiger partial charge in [0.2, 0.25) is 5.91 Å². The first-order chi connectivity index (χ1) is 66.2. The normalized spacial score (nSPS) is 33.6. The molecule has 0 radical (unpaired) electrons. The van der Waals surface area contributed by atoms with Crippen molar-refractivity contribution in [3.05, 3.63) is 163 Å². The summed E-state index contributed by atoms with van der Waals surface area (Å²) in [5.74, 6) is -0.850. The van der Waals surface area contributed by atoms with Gasteiger partial charge in [0.1, 0.15) is 49.5 Å². The highest BCUT2D eigenvalue weighted by Gasteiger charge is 2.51. The average molecular weight is 2040 g/mol. The van der Waals surface area contributed by atoms with E-state index in [0.29, 0.717) is 51.6 Å². The average Bonchev–Trinajstić information content (AvgIpc) is 1.66. The van der Waals surface area contributed by atoms with Crippen LogP contribution in [-0.2, 0) is 121 Å². The third kappa shape index (κ3) is 32.1. The number of nitrogens with zero attached hydrogens (tertiary/aromatic N) is 6. The number of hydrogen-bond acceptors (Lipinski definition) is 27. The van der Waals surface area contributed by atoms with Gasteiger partial charge in [0.05, 0.1) is 156 Å². The predicted octanol–water partition coefficient (Wildman–Crippen LogP) is 18.9. The van der Waals surface area contributed by atoms with Crippen molar-refractivity contribution < 1.29 is 134 Å². The fourth-order valence-corrected chi connectivity index (χ4v) is 27.0. The monoisotopic (exact) mass is 2030 g/mol. The number of rotatable bonds is 32. The Kier molecular flexibility index (Phi) is 46.4. The van der Waals surface area contributed by atoms with E-state index in [-0.39, 0.29) is 184 Å². The maximum absolute atomic E-state index is 13.0. The lowest BCUT2D eigenvalue weighted by atomic mass is 10.1. The van der Waals surface area contributed by atoms with Crippen LogP contribution in [0.4, 0.5) is 8.78 Å². The molecule has 12 aliphatic heterocycles. The third-order valence-corrected chi connectivity index (χ3v) is 34.4. The van der Waals surface area contributed by atoms with Crippen LogP contribution in [0.3, 0.4) is 0 Å². The molecule has 29 atom stereocenters. The van der Waals surface area contributed by atoms with Crippen molar-refractivity contribution >= 4 is 86.6 Å². The number of ether oxygens (including phenoxy) is 9. The summed E-state index contributed by atoms with van der Waals surface area (Å²) in [6.07, 6.45) is 13.1. The topological polar surface area (TPSA) is 316 Å². The van der Waals surface area contributed by atoms with E-state index in [4.69, 9.17) is 96.9 Å². The Morgan fingerprint density at radius 2 is 0.613 bits per heavy atom. The molecule has 12 fully saturated rings. The van der Waals surface area contributed by atoms with E-state index in [1.165, 1.54) is 23.6 Å². The molecule has 0 spiro atoms. The highest BCUT2D eigenvalue weighted by Crippen LogP contribution is 2.61. The molecule has 33 nitrogen and oxygen atoms in total. The largest absolute Gasteiger partial charge is 0.484 e. The smallest absolute Gasteiger partial charge is 0.293 e. The van der Waals surface area contributed by atoms with Crippen molar-refractivity contribution in [2.24, 2.45) is 0 Å². The van der Waals surface area contributed by atoms with E-state index in [1.807, 2.05) is 156 Å². The van der Waals surface area contributed by atoms with Gasteiger partial charge in [-0.05, 0) is 109 Å². The molecule has 41 heteroatoms. The number of amides is 6. The minimum absolute atomic E-state index is 0.00112. The van der Waals surface area contributed by atoms with Crippen LogP contribution in [0.15, 0.2) is 147 Å². The van der Waals surface area contributed by atoms with Crippen LogP contribution >= 0.6 is 51.2 Å². The van der Waals surface area contributed by atoms with Crippen molar-refractivity contribution in [2.45, 2.75) is 307 Å². The zero-order chi connectivity index (χ0) is 98.4. The first-order valence-corrected chi connectivity index (χ1v) is 54.6. The van der Waals surface area contributed by atoms with Crippen LogP contribution in [-0.4, -0.2) is 279 Å². The molecular weight excluding hydrogens is 1890 g/mol. The van der Waals surface area contributed by atoms with E-state index >= 15 is 0 Å². The lowest BCUT2D eigenvalue weighted by Crippen LogP contribution is -2.31. The lowest BCUT2D eigenvalue weighted by molar-refractivity contribution is -0.131. The maximum atomic E-state index is 13.0. The molecule has 12 heterocycles. The Bertz CT molecular complexity index is 4340. The lowest BCUT2D eigenvalue weighted by Gasteiger charge is -2.25. The number of hydrogen-bond donors (Lipinski definition) is 0. The summed E-state index contributed by atoms with van der Waals surface area (Å²) in [5, 5.41) is 0. The fraction of sp³-hybridized carbons (Fsp3) is 0.646. The van der Waals surface area contributed by atoms with Gasteiger partial charge in [-0.2, -0.15) is 0 Å². The van der Waals surface area contributed by atoms with Gasteiger partial charge in [-0.25, -0.2) is 8.78 Å². The summed E-state index contributed by atoms with van der Waals surface area (Å²) >= 11 is 0. The van der Waals surface area contributed by atoms with Gasteiger partial charge in [-0.1, -0.05) is 163 Å². The molecule has 0 saturated carbocycles. The van der Waals surface area contributed by atoms with Crippen molar-refractivity contribution in [1.82, 2.24) is 28.0 Å². The quantitative estimate of drug-likeness (QED) is 0.0324. The number of benzene rings is 4. The van der Waals surface area contributed by atoms with Gasteiger partial charge >= 0.3 is 0 Å². The molecule has 0 N–H and O–H groups in total. The molecule has 762 valence electrons. The first kappa shape index (κ1) is 112. The van der Waals surface area contributed by atoms with Gasteiger partial charge in [0, 0.05) is 59.7 Å². The Labute approximate surface area is 814 Å². The third-order valence-electron chi connectivity index (χ3n) is 24.3. The second kappa shape index (κ2) is 56.8. The first-order valence-electron chi connectivity index (χ1n) is 47.8. The minimum atomic E-state index is -1.62. The van der Waals surface area contributed by atoms with E-state index in [0.717, 1.165) is 93.7 Å². The van der Waals surface area contributed by atoms with Crippen LogP contribution in [0.25, 0.3) is 0 Å². The summed E-state index contributed by atoms with van der Waals surface area (Å²) < 4.78 is 158. The second-order valence-electron chi connectivity index (χ2n) is 34.9. The Morgan fingerprint density at radius 1 is 0.358 bits per heavy atom. The zero-order valence-electron chi connectivity index (χ0n) is 81.5. The molecule has 12 aliphatic rings. The van der Waals surface area contributed by atoms with Crippen molar-refractivity contribution in [3.63, 3.8) is 0 Å². The van der Waals surface area contributed by atoms with E-state index in [9.17, 15) is 37.5 Å². The number of para-hydroxylation sites is 1. The molecule has 4 aromatic carbocycles. The molecular formula is C96H142F2N6O27P6. The number of alkyl halides is 2. The number of carbonyl (C=O) groups is 6. The highest BCUT2D eigenvalue weighted by atomic mass is 31.2. The molecule has 0 aromatic heterocycles. The predicted molar refractivity (Wildman–Crippen MR) is 517 cm³/mol. The Balaban J connectivity index is 0.000000159. The van der Waals surface area contributed by atoms with Gasteiger partial charge in [0.15, 0.2) is 20.0 Å². The van der Waals surface area contributed by atoms with E-state index < -0.39 is 76.3 Å². The van der Waals surface area contributed by atoms with Crippen LogP contribution in [0.2, 0.25) is 0 Å². The summed E-state index contributed by atoms with van der Waals surface area (Å²) in [5.41, 5.74) is 3.05. The maximum Gasteiger partial charge on any atom is 0.293 e. The van der Waals surface area contributed by atoms with Crippen LogP contribution in [0.1, 0.15) is 202 Å². The molecule has 4 aromatic rings. The standard InChI is InChI=1S/C23H28NO5P.C18H26NO5P.C17H23FNO4P.C14H24NO5P.C13H21FNO4P.C11H20NO4P/c1-3-20-21(14-17(2)27-20)28-30-24(15-22(29-30)18-10-6-4-7-11-18)23(25)16-26-19-12-8-5-9-13-19;1-4-15-16(10-13(2)22-15)23-25-19(18(20)12-21-3)11-17(24-25)14-8-6-5-7-9-14;1-3-14-15(9-12(2)21-14)22-24-19(17(20)10-18)11-16(23-24)13-7-5-4-6-8-13;1-5-11-8-15(14(16)9-17-4)21(19-11)20-13-7-10(3)18-12(13)6-2;1-4-10-8-15(13(16)7-14)20(18-10)19-12-6-9(3)17-11(12)5-2;1-4-10-11(7-8(2)15-10)16-17-12(9(3)13)5-6-14-17/h4-13,17,20-22H,3,14-16H2,1-2H3;5-9,13,15-17H,4,10-12H2,1-3H3;4-8,12,14-16H,3,9-11H2,1-2H3;5,10-13H,1,6-9H2,2-4H3;4,9-12H,1,5-8H2,2-3H3;8,10-11H,4-7H2,1-3H3/t17-,20+,21?,22?,30?;13-,15+,16?,17?,25?;12-,14+,15?,16?,24?;10-,11?,12+,13?,21?;9-,10?,11+,12?,20?;8-,10+,11?,17?/m000000/s1. The Morgan fingerprint density at radius 3 is 0.883 bits per heavy atom. The van der Waals surface area contributed by atoms with Crippen molar-refractivity contribution in [3.8, 4) is 5.75 Å². The van der Waals surface area contributed by atoms with E-state index in [1.54, 1.807) is 37.8 Å². The fourth-order valence-electron chi connectivity index (χ4n) is 17.3. The van der Waals surface area contributed by atoms with E-state index in [2.05, 4.69) is 61.6 Å². The molecule has 6 amide bonds. The summed E-state index contributed by atoms with van der Waals surface area (Å²) in [6.45, 7) is 34.7.